The summed E-state index contributed by atoms with van der Waals surface area (Å²) in [6.07, 6.45) is 0.0242. The van der Waals surface area contributed by atoms with Crippen molar-refractivity contribution in [1.29, 1.82) is 0 Å². The van der Waals surface area contributed by atoms with Gasteiger partial charge in [-0.05, 0) is 41.5 Å². The van der Waals surface area contributed by atoms with Gasteiger partial charge in [0.05, 0.1) is 25.5 Å². The van der Waals surface area contributed by atoms with Crippen molar-refractivity contribution in [2.45, 2.75) is 12.5 Å². The number of nitrogens with one attached hydrogen (secondary N) is 2. The molecule has 0 saturated heterocycles. The number of hydrogen-bond acceptors (Lipinski definition) is 4. The minimum Gasteiger partial charge on any atom is -0.495 e. The molecule has 2 aromatic carbocycles. The van der Waals surface area contributed by atoms with Crippen molar-refractivity contribution in [3.05, 3.63) is 52.5 Å². The first-order valence-electron chi connectivity index (χ1n) is 7.89. The van der Waals surface area contributed by atoms with Gasteiger partial charge in [0, 0.05) is 18.0 Å². The maximum absolute atomic E-state index is 12.1. The van der Waals surface area contributed by atoms with Gasteiger partial charge in [-0.1, -0.05) is 17.7 Å². The predicted octanol–water partition coefficient (Wildman–Crippen LogP) is 3.14. The smallest absolute Gasteiger partial charge is 0.319 e. The lowest BCUT2D eigenvalue weighted by atomic mass is 10.0. The minimum absolute atomic E-state index is 0.0777. The molecule has 1 aliphatic rings. The van der Waals surface area contributed by atoms with Gasteiger partial charge >= 0.3 is 6.03 Å². The molecule has 132 valence electrons. The maximum Gasteiger partial charge on any atom is 0.319 e. The molecule has 0 fully saturated rings. The van der Waals surface area contributed by atoms with Gasteiger partial charge in [0.2, 0.25) is 0 Å². The molecular weight excluding hydrogens is 344 g/mol. The first kappa shape index (κ1) is 17.4. The molecule has 1 atom stereocenters. The van der Waals surface area contributed by atoms with Crippen molar-refractivity contribution in [2.24, 2.45) is 0 Å². The van der Waals surface area contributed by atoms with Crippen LogP contribution < -0.4 is 20.1 Å². The van der Waals surface area contributed by atoms with Crippen LogP contribution in [-0.4, -0.2) is 31.4 Å². The van der Waals surface area contributed by atoms with Crippen LogP contribution in [0.2, 0.25) is 5.02 Å². The van der Waals surface area contributed by atoms with Crippen molar-refractivity contribution in [2.75, 3.05) is 25.6 Å². The third-order valence-corrected chi connectivity index (χ3v) is 4.20. The number of methoxy groups -OCH3 is 1. The number of anilines is 1. The van der Waals surface area contributed by atoms with Crippen molar-refractivity contribution < 1.29 is 19.4 Å². The van der Waals surface area contributed by atoms with Gasteiger partial charge < -0.3 is 25.2 Å². The number of aliphatic hydroxyl groups excluding tert-OH is 1. The molecule has 7 heteroatoms. The highest BCUT2D eigenvalue weighted by molar-refractivity contribution is 6.31. The molecule has 2 amide bonds. The van der Waals surface area contributed by atoms with Gasteiger partial charge in [-0.15, -0.1) is 0 Å². The molecule has 0 aliphatic carbocycles. The highest BCUT2D eigenvalue weighted by atomic mass is 35.5. The third kappa shape index (κ3) is 4.15. The molecule has 0 radical (unpaired) electrons. The van der Waals surface area contributed by atoms with Crippen LogP contribution in [0, 0.1) is 0 Å². The summed E-state index contributed by atoms with van der Waals surface area (Å²) >= 11 is 5.93. The fourth-order valence-corrected chi connectivity index (χ4v) is 2.84. The quantitative estimate of drug-likeness (QED) is 0.763. The second-order valence-electron chi connectivity index (χ2n) is 5.66. The Morgan fingerprint density at radius 2 is 2.20 bits per heavy atom. The summed E-state index contributed by atoms with van der Waals surface area (Å²) in [7, 11) is 1.51. The Morgan fingerprint density at radius 1 is 1.36 bits per heavy atom. The number of halogens is 1. The number of benzene rings is 2. The number of urea groups is 1. The predicted molar refractivity (Wildman–Crippen MR) is 95.6 cm³/mol. The average molecular weight is 363 g/mol. The van der Waals surface area contributed by atoms with Crippen LogP contribution in [0.5, 0.6) is 11.5 Å². The van der Waals surface area contributed by atoms with E-state index in [2.05, 4.69) is 10.6 Å². The molecule has 1 heterocycles. The molecule has 0 spiro atoms. The molecule has 0 unspecified atom stereocenters. The molecule has 3 rings (SSSR count). The number of amides is 2. The van der Waals surface area contributed by atoms with E-state index >= 15 is 0 Å². The molecule has 0 bridgehead atoms. The van der Waals surface area contributed by atoms with Crippen LogP contribution in [0.25, 0.3) is 0 Å². The number of aliphatic hydroxyl groups is 1. The lowest BCUT2D eigenvalue weighted by Crippen LogP contribution is -2.32. The van der Waals surface area contributed by atoms with Crippen LogP contribution >= 0.6 is 11.6 Å². The number of ether oxygens (including phenoxy) is 2. The number of carbonyl (C=O) groups is 1. The number of carbonyl (C=O) groups excluding carboxylic acids is 1. The summed E-state index contributed by atoms with van der Waals surface area (Å²) in [5.74, 6) is 1.36. The van der Waals surface area contributed by atoms with Crippen molar-refractivity contribution in [3.63, 3.8) is 0 Å². The Kier molecular flexibility index (Phi) is 5.31. The Bertz CT molecular complexity index is 782. The van der Waals surface area contributed by atoms with E-state index in [-0.39, 0.29) is 6.54 Å². The van der Waals surface area contributed by atoms with Crippen molar-refractivity contribution in [1.82, 2.24) is 5.32 Å². The van der Waals surface area contributed by atoms with E-state index < -0.39 is 12.1 Å². The fraction of sp³-hybridized carbons (Fsp3) is 0.278. The first-order chi connectivity index (χ1) is 12.1. The van der Waals surface area contributed by atoms with Gasteiger partial charge in [-0.2, -0.15) is 0 Å². The largest absolute Gasteiger partial charge is 0.495 e. The second-order valence-corrected chi connectivity index (χ2v) is 6.10. The van der Waals surface area contributed by atoms with Crippen molar-refractivity contribution in [3.8, 4) is 11.5 Å². The summed E-state index contributed by atoms with van der Waals surface area (Å²) < 4.78 is 10.6. The van der Waals surface area contributed by atoms with Gasteiger partial charge in [0.1, 0.15) is 11.5 Å². The molecule has 0 aromatic heterocycles. The van der Waals surface area contributed by atoms with Gasteiger partial charge in [-0.3, -0.25) is 0 Å². The lowest BCUT2D eigenvalue weighted by molar-refractivity contribution is 0.175. The van der Waals surface area contributed by atoms with E-state index in [1.807, 2.05) is 12.1 Å². The number of hydrogen-bond donors (Lipinski definition) is 3. The lowest BCUT2D eigenvalue weighted by Gasteiger charge is -2.15. The fourth-order valence-electron chi connectivity index (χ4n) is 2.67. The van der Waals surface area contributed by atoms with E-state index in [0.717, 1.165) is 23.3 Å². The Hall–Kier alpha value is -2.44. The van der Waals surface area contributed by atoms with Crippen LogP contribution in [-0.2, 0) is 6.42 Å². The van der Waals surface area contributed by atoms with Crippen LogP contribution in [0.4, 0.5) is 10.5 Å². The van der Waals surface area contributed by atoms with Crippen LogP contribution in [0.1, 0.15) is 17.2 Å². The Morgan fingerprint density at radius 3 is 3.00 bits per heavy atom. The monoisotopic (exact) mass is 362 g/mol. The normalized spacial score (nSPS) is 13.6. The van der Waals surface area contributed by atoms with E-state index in [9.17, 15) is 9.90 Å². The molecule has 25 heavy (non-hydrogen) atoms. The van der Waals surface area contributed by atoms with E-state index in [1.165, 1.54) is 7.11 Å². The molecule has 0 saturated carbocycles. The summed E-state index contributed by atoms with van der Waals surface area (Å²) in [4.78, 5) is 12.1. The summed E-state index contributed by atoms with van der Waals surface area (Å²) in [6, 6.07) is 10.0. The van der Waals surface area contributed by atoms with Gasteiger partial charge in [-0.25, -0.2) is 4.79 Å². The summed E-state index contributed by atoms with van der Waals surface area (Å²) in [6.45, 7) is 0.741. The van der Waals surface area contributed by atoms with E-state index in [0.29, 0.717) is 23.1 Å². The van der Waals surface area contributed by atoms with Crippen LogP contribution in [0.15, 0.2) is 36.4 Å². The van der Waals surface area contributed by atoms with Crippen molar-refractivity contribution >= 4 is 23.3 Å². The molecular formula is C18H19ClN2O4. The Labute approximate surface area is 150 Å². The molecule has 6 nitrogen and oxygen atoms in total. The SMILES string of the molecule is COc1ccc(Cl)cc1NC(=O)NC[C@H](O)c1ccc2c(c1)CCO2. The average Bonchev–Trinajstić information content (AvgIpc) is 3.07. The van der Waals surface area contributed by atoms with E-state index in [1.54, 1.807) is 24.3 Å². The van der Waals surface area contributed by atoms with Crippen LogP contribution in [0.3, 0.4) is 0 Å². The summed E-state index contributed by atoms with van der Waals surface area (Å²) in [5, 5.41) is 16.1. The zero-order chi connectivity index (χ0) is 17.8. The number of rotatable bonds is 5. The number of fused-ring (bicyclic) bond motifs is 1. The summed E-state index contributed by atoms with van der Waals surface area (Å²) in [5.41, 5.74) is 2.27. The zero-order valence-corrected chi connectivity index (χ0v) is 14.5. The second kappa shape index (κ2) is 7.63. The van der Waals surface area contributed by atoms with Gasteiger partial charge in [0.25, 0.3) is 0 Å². The minimum atomic E-state index is -0.807. The highest BCUT2D eigenvalue weighted by Crippen LogP contribution is 2.29. The molecule has 3 N–H and O–H groups in total. The topological polar surface area (TPSA) is 79.8 Å². The highest BCUT2D eigenvalue weighted by Gasteiger charge is 2.16. The molecule has 1 aliphatic heterocycles. The zero-order valence-electron chi connectivity index (χ0n) is 13.7. The van der Waals surface area contributed by atoms with E-state index in [4.69, 9.17) is 21.1 Å². The standard InChI is InChI=1S/C18H19ClN2O4/c1-24-17-5-3-13(19)9-14(17)21-18(23)20-10-15(22)11-2-4-16-12(8-11)6-7-25-16/h2-5,8-9,15,22H,6-7,10H2,1H3,(H2,20,21,23)/t15-/m0/s1. The van der Waals surface area contributed by atoms with Gasteiger partial charge in [0.15, 0.2) is 0 Å². The first-order valence-corrected chi connectivity index (χ1v) is 8.26. The molecule has 2 aromatic rings. The third-order valence-electron chi connectivity index (χ3n) is 3.96. The maximum atomic E-state index is 12.1. The Balaban J connectivity index is 1.58.